The van der Waals surface area contributed by atoms with Gasteiger partial charge in [-0.05, 0) is 44.9 Å². The first-order valence-electron chi connectivity index (χ1n) is 10.2. The van der Waals surface area contributed by atoms with Crippen molar-refractivity contribution in [1.29, 1.82) is 0 Å². The van der Waals surface area contributed by atoms with E-state index in [9.17, 15) is 9.59 Å². The fourth-order valence-corrected chi connectivity index (χ4v) is 4.51. The summed E-state index contributed by atoms with van der Waals surface area (Å²) in [7, 11) is 0. The molecule has 2 aliphatic rings. The number of nitrogens with zero attached hydrogens (tertiary/aromatic N) is 2. The van der Waals surface area contributed by atoms with Crippen LogP contribution in [0.15, 0.2) is 40.5 Å². The first kappa shape index (κ1) is 21.4. The van der Waals surface area contributed by atoms with Gasteiger partial charge in [0, 0.05) is 0 Å². The molecule has 7 heteroatoms. The van der Waals surface area contributed by atoms with Gasteiger partial charge in [-0.2, -0.15) is 0 Å². The van der Waals surface area contributed by atoms with Crippen molar-refractivity contribution in [3.63, 3.8) is 0 Å². The standard InChI is InChI=1S/C22H28N2O4S/c1-5-7-8-13-28-17-11-9-16(10-12-17)19-18(21(26)27-6-2)14(3)23-22-24(19)20(25)15(4)29-22/h9-12,15,19H,5-8,13H2,1-4H3/t15-,19+/m0/s1. The lowest BCUT2D eigenvalue weighted by Crippen LogP contribution is -2.40. The summed E-state index contributed by atoms with van der Waals surface area (Å²) in [6, 6.07) is 7.07. The van der Waals surface area contributed by atoms with Gasteiger partial charge >= 0.3 is 5.97 Å². The number of allylic oxidation sites excluding steroid dienone is 1. The number of esters is 1. The van der Waals surface area contributed by atoms with Crippen molar-refractivity contribution >= 4 is 28.8 Å². The van der Waals surface area contributed by atoms with Gasteiger partial charge in [0.1, 0.15) is 5.75 Å². The molecule has 156 valence electrons. The second-order valence-electron chi connectivity index (χ2n) is 7.11. The molecule has 2 heterocycles. The minimum Gasteiger partial charge on any atom is -0.494 e. The van der Waals surface area contributed by atoms with Crippen molar-refractivity contribution in [2.75, 3.05) is 13.2 Å². The number of rotatable bonds is 8. The number of amidine groups is 1. The van der Waals surface area contributed by atoms with Crippen LogP contribution in [0.2, 0.25) is 0 Å². The first-order valence-corrected chi connectivity index (χ1v) is 11.0. The Kier molecular flexibility index (Phi) is 7.00. The highest BCUT2D eigenvalue weighted by atomic mass is 32.2. The zero-order valence-corrected chi connectivity index (χ0v) is 18.3. The van der Waals surface area contributed by atoms with E-state index in [0.717, 1.165) is 30.6 Å². The van der Waals surface area contributed by atoms with Gasteiger partial charge in [0.2, 0.25) is 5.91 Å². The highest BCUT2D eigenvalue weighted by Gasteiger charge is 2.46. The lowest BCUT2D eigenvalue weighted by Gasteiger charge is -2.33. The molecule has 2 atom stereocenters. The van der Waals surface area contributed by atoms with Crippen LogP contribution in [0.3, 0.4) is 0 Å². The van der Waals surface area contributed by atoms with Crippen LogP contribution in [0.5, 0.6) is 5.75 Å². The number of thioether (sulfide) groups is 1. The maximum Gasteiger partial charge on any atom is 0.338 e. The Hall–Kier alpha value is -2.28. The van der Waals surface area contributed by atoms with Crippen LogP contribution in [-0.4, -0.2) is 40.4 Å². The zero-order chi connectivity index (χ0) is 21.0. The molecule has 3 rings (SSSR count). The number of carbonyl (C=O) groups excluding carboxylic acids is 2. The van der Waals surface area contributed by atoms with Crippen LogP contribution in [0.25, 0.3) is 0 Å². The SMILES string of the molecule is CCCCCOc1ccc([C@@H]2C(C(=O)OCC)=C(C)N=C3S[C@@H](C)C(=O)N32)cc1. The highest BCUT2D eigenvalue weighted by Crippen LogP contribution is 2.43. The van der Waals surface area contributed by atoms with Crippen molar-refractivity contribution in [3.05, 3.63) is 41.1 Å². The molecule has 0 aromatic heterocycles. The second kappa shape index (κ2) is 9.48. The summed E-state index contributed by atoms with van der Waals surface area (Å²) >= 11 is 1.42. The maximum atomic E-state index is 12.9. The molecule has 1 amide bonds. The minimum absolute atomic E-state index is 0.0482. The molecule has 29 heavy (non-hydrogen) atoms. The molecular weight excluding hydrogens is 388 g/mol. The molecule has 0 aliphatic carbocycles. The maximum absolute atomic E-state index is 12.9. The van der Waals surface area contributed by atoms with E-state index in [1.54, 1.807) is 18.7 Å². The van der Waals surface area contributed by atoms with Crippen LogP contribution < -0.4 is 4.74 Å². The molecule has 0 N–H and O–H groups in total. The molecule has 0 unspecified atom stereocenters. The summed E-state index contributed by atoms with van der Waals surface area (Å²) < 4.78 is 11.1. The number of aliphatic imine (C=N–C) groups is 1. The molecule has 1 saturated heterocycles. The zero-order valence-electron chi connectivity index (χ0n) is 17.4. The van der Waals surface area contributed by atoms with E-state index in [0.29, 0.717) is 23.0 Å². The van der Waals surface area contributed by atoms with Gasteiger partial charge in [0.05, 0.1) is 35.8 Å². The van der Waals surface area contributed by atoms with Crippen LogP contribution >= 0.6 is 11.8 Å². The van der Waals surface area contributed by atoms with Crippen LogP contribution in [0.4, 0.5) is 0 Å². The smallest absolute Gasteiger partial charge is 0.338 e. The van der Waals surface area contributed by atoms with E-state index in [1.165, 1.54) is 11.8 Å². The van der Waals surface area contributed by atoms with E-state index < -0.39 is 12.0 Å². The number of fused-ring (bicyclic) bond motifs is 1. The summed E-state index contributed by atoms with van der Waals surface area (Å²) in [5.41, 5.74) is 1.84. The fourth-order valence-electron chi connectivity index (χ4n) is 3.48. The van der Waals surface area contributed by atoms with Crippen molar-refractivity contribution in [1.82, 2.24) is 4.90 Å². The Balaban J connectivity index is 1.91. The molecule has 0 saturated carbocycles. The van der Waals surface area contributed by atoms with Crippen molar-refractivity contribution in [2.24, 2.45) is 4.99 Å². The average molecular weight is 417 g/mol. The van der Waals surface area contributed by atoms with E-state index in [4.69, 9.17) is 9.47 Å². The Morgan fingerprint density at radius 2 is 1.93 bits per heavy atom. The predicted octanol–water partition coefficient (Wildman–Crippen LogP) is 4.47. The van der Waals surface area contributed by atoms with Crippen molar-refractivity contribution in [2.45, 2.75) is 58.2 Å². The first-order chi connectivity index (χ1) is 14.0. The highest BCUT2D eigenvalue weighted by molar-refractivity contribution is 8.15. The number of carbonyl (C=O) groups is 2. The molecule has 1 fully saturated rings. The molecule has 1 aromatic rings. The second-order valence-corrected chi connectivity index (χ2v) is 8.42. The number of ether oxygens (including phenoxy) is 2. The van der Waals surface area contributed by atoms with Gasteiger partial charge in [0.25, 0.3) is 0 Å². The van der Waals surface area contributed by atoms with Crippen LogP contribution in [-0.2, 0) is 14.3 Å². The normalized spacial score (nSPS) is 21.2. The Bertz CT molecular complexity index is 832. The summed E-state index contributed by atoms with van der Waals surface area (Å²) in [5.74, 6) is 0.298. The lowest BCUT2D eigenvalue weighted by atomic mass is 9.94. The topological polar surface area (TPSA) is 68.2 Å². The van der Waals surface area contributed by atoms with E-state index in [1.807, 2.05) is 31.2 Å². The third kappa shape index (κ3) is 4.50. The average Bonchev–Trinajstić information content (AvgIpc) is 2.98. The number of hydrogen-bond acceptors (Lipinski definition) is 6. The quantitative estimate of drug-likeness (QED) is 0.462. The molecule has 6 nitrogen and oxygen atoms in total. The van der Waals surface area contributed by atoms with E-state index in [-0.39, 0.29) is 17.8 Å². The predicted molar refractivity (Wildman–Crippen MR) is 115 cm³/mol. The van der Waals surface area contributed by atoms with Crippen molar-refractivity contribution in [3.8, 4) is 5.75 Å². The third-order valence-electron chi connectivity index (χ3n) is 4.97. The van der Waals surface area contributed by atoms with Gasteiger partial charge in [-0.25, -0.2) is 9.79 Å². The Morgan fingerprint density at radius 1 is 1.21 bits per heavy atom. The molecular formula is C22H28N2O4S. The van der Waals surface area contributed by atoms with Gasteiger partial charge in [-0.3, -0.25) is 9.69 Å². The minimum atomic E-state index is -0.541. The molecule has 0 spiro atoms. The Morgan fingerprint density at radius 3 is 2.59 bits per heavy atom. The van der Waals surface area contributed by atoms with Gasteiger partial charge in [-0.15, -0.1) is 0 Å². The van der Waals surface area contributed by atoms with Crippen LogP contribution in [0.1, 0.15) is 58.6 Å². The number of unbranched alkanes of at least 4 members (excludes halogenated alkanes) is 2. The van der Waals surface area contributed by atoms with E-state index in [2.05, 4.69) is 11.9 Å². The monoisotopic (exact) mass is 416 g/mol. The van der Waals surface area contributed by atoms with Crippen LogP contribution in [0, 0.1) is 0 Å². The number of amides is 1. The molecule has 1 aromatic carbocycles. The summed E-state index contributed by atoms with van der Waals surface area (Å²) in [5, 5.41) is 0.407. The molecule has 0 bridgehead atoms. The summed E-state index contributed by atoms with van der Waals surface area (Å²) in [4.78, 5) is 31.7. The summed E-state index contributed by atoms with van der Waals surface area (Å²) in [6.45, 7) is 8.53. The molecule has 2 aliphatic heterocycles. The lowest BCUT2D eigenvalue weighted by molar-refractivity contribution is -0.139. The number of benzene rings is 1. The van der Waals surface area contributed by atoms with Gasteiger partial charge in [0.15, 0.2) is 5.17 Å². The fraction of sp³-hybridized carbons (Fsp3) is 0.500. The van der Waals surface area contributed by atoms with Gasteiger partial charge < -0.3 is 9.47 Å². The van der Waals surface area contributed by atoms with Crippen molar-refractivity contribution < 1.29 is 19.1 Å². The number of hydrogen-bond donors (Lipinski definition) is 0. The van der Waals surface area contributed by atoms with E-state index >= 15 is 0 Å². The third-order valence-corrected chi connectivity index (χ3v) is 6.02. The Labute approximate surface area is 176 Å². The van der Waals surface area contributed by atoms with Gasteiger partial charge in [-0.1, -0.05) is 43.7 Å². The largest absolute Gasteiger partial charge is 0.494 e. The summed E-state index contributed by atoms with van der Waals surface area (Å²) in [6.07, 6.45) is 3.31. The molecule has 0 radical (unpaired) electrons.